The molecule has 3 heterocycles. The zero-order valence-corrected chi connectivity index (χ0v) is 38.4. The normalized spacial score (nSPS) is 45.3. The summed E-state index contributed by atoms with van der Waals surface area (Å²) in [6, 6.07) is -0.277. The summed E-state index contributed by atoms with van der Waals surface area (Å²) in [5.41, 5.74) is -4.02. The van der Waals surface area contributed by atoms with Crippen molar-refractivity contribution in [2.24, 2.45) is 23.7 Å². The molecule has 3 saturated heterocycles. The van der Waals surface area contributed by atoms with Crippen LogP contribution >= 0.6 is 0 Å². The van der Waals surface area contributed by atoms with Crippen LogP contribution in [-0.2, 0) is 47.5 Å². The number of ketones is 1. The molecular weight excluding hydrogens is 752 g/mol. The number of aliphatic hydroxyl groups excluding tert-OH is 2. The van der Waals surface area contributed by atoms with Crippen LogP contribution < -0.4 is 0 Å². The molecule has 0 aromatic carbocycles. The van der Waals surface area contributed by atoms with E-state index in [1.165, 1.54) is 14.0 Å². The van der Waals surface area contributed by atoms with E-state index in [4.69, 9.17) is 37.9 Å². The Morgan fingerprint density at radius 1 is 0.845 bits per heavy atom. The van der Waals surface area contributed by atoms with Crippen molar-refractivity contribution in [1.29, 1.82) is 0 Å². The molecule has 3 N–H and O–H groups in total. The van der Waals surface area contributed by atoms with E-state index >= 15 is 0 Å². The Bertz CT molecular complexity index is 1300. The highest BCUT2D eigenvalue weighted by Gasteiger charge is 2.54. The van der Waals surface area contributed by atoms with Gasteiger partial charge < -0.3 is 63.0 Å². The molecule has 340 valence electrons. The first-order chi connectivity index (χ1) is 26.9. The van der Waals surface area contributed by atoms with Crippen molar-refractivity contribution in [2.45, 2.75) is 186 Å². The molecule has 0 bridgehead atoms. The maximum absolute atomic E-state index is 14.4. The highest BCUT2D eigenvalue weighted by atomic mass is 16.7. The number of rotatable bonds is 13. The monoisotopic (exact) mass is 833 g/mol. The van der Waals surface area contributed by atoms with Crippen LogP contribution in [0.3, 0.4) is 0 Å². The van der Waals surface area contributed by atoms with Crippen LogP contribution in [0.5, 0.6) is 0 Å². The molecule has 0 amide bonds. The number of carbonyl (C=O) groups is 2. The molecule has 18 atom stereocenters. The Morgan fingerprint density at radius 2 is 1.45 bits per heavy atom. The molecular formula is C43H80N2O13. The topological polar surface area (TPSA) is 175 Å². The molecule has 3 aliphatic heterocycles. The SMILES string of the molecule is CC[C@H]1OC(=O)[C@H](C)[C@@H](O[C@H]2C[C@@](C)(OC)[C@@H](OCCCN(C)C)[C@H](C)O2)[C@H](C)[C@@H](O[C@@H]2O[C@H](C)C[C@H](N(C)C)[C@H]2O)[C@](C)(OC)C[C@@H](C)C(=O)[C@H](C)[C@@H](O)[C@]1(C)O. The van der Waals surface area contributed by atoms with Gasteiger partial charge in [-0.05, 0) is 102 Å². The zero-order valence-electron chi connectivity index (χ0n) is 38.4. The number of hydrogen-bond acceptors (Lipinski definition) is 15. The number of aliphatic hydroxyl groups is 3. The van der Waals surface area contributed by atoms with Gasteiger partial charge in [-0.1, -0.05) is 27.7 Å². The van der Waals surface area contributed by atoms with Gasteiger partial charge in [-0.3, -0.25) is 9.59 Å². The number of esters is 1. The second kappa shape index (κ2) is 21.2. The van der Waals surface area contributed by atoms with E-state index in [0.29, 0.717) is 13.0 Å². The fourth-order valence-corrected chi connectivity index (χ4v) is 9.48. The molecule has 15 heteroatoms. The first kappa shape index (κ1) is 51.0. The van der Waals surface area contributed by atoms with Crippen molar-refractivity contribution >= 4 is 11.8 Å². The lowest BCUT2D eigenvalue weighted by molar-refractivity contribution is -0.322. The summed E-state index contributed by atoms with van der Waals surface area (Å²) in [5, 5.41) is 35.0. The molecule has 0 saturated carbocycles. The van der Waals surface area contributed by atoms with Crippen molar-refractivity contribution < 1.29 is 62.8 Å². The maximum atomic E-state index is 14.4. The summed E-state index contributed by atoms with van der Waals surface area (Å²) in [5.74, 6) is -4.37. The van der Waals surface area contributed by atoms with Crippen molar-refractivity contribution in [1.82, 2.24) is 9.80 Å². The number of cyclic esters (lactones) is 1. The molecule has 3 aliphatic rings. The number of ether oxygens (including phenoxy) is 8. The molecule has 0 aromatic heterocycles. The van der Waals surface area contributed by atoms with Crippen molar-refractivity contribution in [3.05, 3.63) is 0 Å². The molecule has 3 fully saturated rings. The predicted molar refractivity (Wildman–Crippen MR) is 218 cm³/mol. The lowest BCUT2D eigenvalue weighted by Crippen LogP contribution is -2.61. The van der Waals surface area contributed by atoms with Gasteiger partial charge in [-0.15, -0.1) is 0 Å². The minimum atomic E-state index is -1.96. The van der Waals surface area contributed by atoms with Crippen molar-refractivity contribution in [3.8, 4) is 0 Å². The Balaban J connectivity index is 2.17. The van der Waals surface area contributed by atoms with Crippen LogP contribution in [0.4, 0.5) is 0 Å². The fraction of sp³-hybridized carbons (Fsp3) is 0.953. The Labute approximate surface area is 348 Å². The van der Waals surface area contributed by atoms with Crippen molar-refractivity contribution in [2.75, 3.05) is 55.6 Å². The van der Waals surface area contributed by atoms with E-state index in [-0.39, 0.29) is 37.2 Å². The van der Waals surface area contributed by atoms with Gasteiger partial charge in [0.05, 0.1) is 47.6 Å². The van der Waals surface area contributed by atoms with Gasteiger partial charge in [0.2, 0.25) is 0 Å². The van der Waals surface area contributed by atoms with E-state index in [1.807, 2.05) is 67.7 Å². The summed E-state index contributed by atoms with van der Waals surface area (Å²) in [6.45, 7) is 19.0. The van der Waals surface area contributed by atoms with Gasteiger partial charge in [0.1, 0.15) is 29.7 Å². The second-order valence-corrected chi connectivity index (χ2v) is 18.6. The summed E-state index contributed by atoms with van der Waals surface area (Å²) in [7, 11) is 11.0. The molecule has 0 aromatic rings. The van der Waals surface area contributed by atoms with Gasteiger partial charge in [0, 0.05) is 51.0 Å². The molecule has 0 spiro atoms. The highest BCUT2D eigenvalue weighted by Crippen LogP contribution is 2.42. The van der Waals surface area contributed by atoms with E-state index < -0.39 is 102 Å². The van der Waals surface area contributed by atoms with Gasteiger partial charge in [-0.2, -0.15) is 0 Å². The Hall–Kier alpha value is -1.34. The second-order valence-electron chi connectivity index (χ2n) is 18.6. The summed E-state index contributed by atoms with van der Waals surface area (Å²) in [4.78, 5) is 32.5. The predicted octanol–water partition coefficient (Wildman–Crippen LogP) is 3.42. The number of Topliss-reactive ketones (excluding diaryl/α,β-unsaturated/α-hetero) is 1. The van der Waals surface area contributed by atoms with E-state index in [0.717, 1.165) is 13.0 Å². The first-order valence-electron chi connectivity index (χ1n) is 21.4. The van der Waals surface area contributed by atoms with Crippen molar-refractivity contribution in [3.63, 3.8) is 0 Å². The minimum absolute atomic E-state index is 0.125. The maximum Gasteiger partial charge on any atom is 0.311 e. The van der Waals surface area contributed by atoms with Crippen LogP contribution in [0.1, 0.15) is 101 Å². The average Bonchev–Trinajstić information content (AvgIpc) is 3.16. The Morgan fingerprint density at radius 3 is 2.00 bits per heavy atom. The van der Waals surface area contributed by atoms with Crippen LogP contribution in [0.2, 0.25) is 0 Å². The van der Waals surface area contributed by atoms with Crippen LogP contribution in [0, 0.1) is 23.7 Å². The number of nitrogens with zero attached hydrogens (tertiary/aromatic N) is 2. The molecule has 3 rings (SSSR count). The van der Waals surface area contributed by atoms with E-state index in [9.17, 15) is 24.9 Å². The molecule has 15 nitrogen and oxygen atoms in total. The molecule has 58 heavy (non-hydrogen) atoms. The van der Waals surface area contributed by atoms with Crippen LogP contribution in [0.15, 0.2) is 0 Å². The molecule has 0 aliphatic carbocycles. The van der Waals surface area contributed by atoms with E-state index in [1.54, 1.807) is 34.8 Å². The minimum Gasteiger partial charge on any atom is -0.459 e. The smallest absolute Gasteiger partial charge is 0.311 e. The fourth-order valence-electron chi connectivity index (χ4n) is 9.48. The lowest BCUT2D eigenvalue weighted by Gasteiger charge is -2.50. The standard InChI is InChI=1S/C43H80N2O13/c1-17-31-43(10,50)36(48)26(4)33(46)24(2)22-41(8,51-15)37(58-40-34(47)30(45(13)14)21-25(3)54-40)27(5)35(28(6)39(49)56-31)57-32-23-42(9,52-16)38(29(7)55-32)53-20-18-19-44(11)12/h24-32,34-38,40,47-48,50H,17-23H2,1-16H3/t24-,25-,26+,27+,28-,29+,30+,31-,32+,34-,35+,36-,37-,38+,40+,41-,42-,43-/m1/s1. The number of methoxy groups -OCH3 is 2. The highest BCUT2D eigenvalue weighted by molar-refractivity contribution is 5.83. The average molecular weight is 833 g/mol. The summed E-state index contributed by atoms with van der Waals surface area (Å²) in [6.07, 6.45) is -6.81. The lowest BCUT2D eigenvalue weighted by atomic mass is 9.74. The first-order valence-corrected chi connectivity index (χ1v) is 21.4. The van der Waals surface area contributed by atoms with Gasteiger partial charge in [-0.25, -0.2) is 0 Å². The third-order valence-corrected chi connectivity index (χ3v) is 13.3. The largest absolute Gasteiger partial charge is 0.459 e. The number of hydrogen-bond donors (Lipinski definition) is 3. The summed E-state index contributed by atoms with van der Waals surface area (Å²) >= 11 is 0. The quantitative estimate of drug-likeness (QED) is 0.182. The Kier molecular flexibility index (Phi) is 18.6. The summed E-state index contributed by atoms with van der Waals surface area (Å²) < 4.78 is 51.6. The van der Waals surface area contributed by atoms with E-state index in [2.05, 4.69) is 4.90 Å². The third-order valence-electron chi connectivity index (χ3n) is 13.3. The van der Waals surface area contributed by atoms with Gasteiger partial charge >= 0.3 is 5.97 Å². The third kappa shape index (κ3) is 11.8. The number of likely N-dealkylation sites (N-methyl/N-ethyl adjacent to an activating group) is 1. The molecule has 0 radical (unpaired) electrons. The number of carbonyl (C=O) groups excluding carboxylic acids is 2. The zero-order chi connectivity index (χ0) is 44.1. The van der Waals surface area contributed by atoms with Gasteiger partial charge in [0.25, 0.3) is 0 Å². The van der Waals surface area contributed by atoms with Crippen LogP contribution in [0.25, 0.3) is 0 Å². The molecule has 0 unspecified atom stereocenters. The van der Waals surface area contributed by atoms with Crippen LogP contribution in [-0.4, -0.2) is 177 Å². The van der Waals surface area contributed by atoms with Gasteiger partial charge in [0.15, 0.2) is 12.6 Å².